The number of hydrogen-bond acceptors (Lipinski definition) is 5. The number of carbonyl (C=O) groups excluding carboxylic acids is 1. The normalized spacial score (nSPS) is 18.7. The van der Waals surface area contributed by atoms with Crippen LogP contribution in [0.25, 0.3) is 16.9 Å². The van der Waals surface area contributed by atoms with E-state index in [9.17, 15) is 9.90 Å². The number of likely N-dealkylation sites (tertiary alicyclic amines) is 2. The van der Waals surface area contributed by atoms with Crippen molar-refractivity contribution in [3.05, 3.63) is 48.2 Å². The molecule has 2 aromatic heterocycles. The van der Waals surface area contributed by atoms with Crippen molar-refractivity contribution in [2.45, 2.75) is 38.1 Å². The number of nitrogens with zero attached hydrogens (tertiary/aromatic N) is 5. The lowest BCUT2D eigenvalue weighted by atomic mass is 9.99. The molecule has 0 saturated carbocycles. The summed E-state index contributed by atoms with van der Waals surface area (Å²) in [7, 11) is 0. The zero-order valence-corrected chi connectivity index (χ0v) is 17.1. The summed E-state index contributed by atoms with van der Waals surface area (Å²) in [5, 5.41) is 14.6. The number of aromatic nitrogens is 3. The van der Waals surface area contributed by atoms with Crippen LogP contribution in [0.1, 0.15) is 42.5 Å². The van der Waals surface area contributed by atoms with Crippen molar-refractivity contribution in [2.24, 2.45) is 0 Å². The molecule has 2 aliphatic rings. The van der Waals surface area contributed by atoms with Gasteiger partial charge in [0.15, 0.2) is 5.65 Å². The monoisotopic (exact) mass is 405 g/mol. The second kappa shape index (κ2) is 8.07. The van der Waals surface area contributed by atoms with E-state index in [2.05, 4.69) is 15.0 Å². The first-order valence-electron chi connectivity index (χ1n) is 10.9. The molecule has 2 aliphatic heterocycles. The number of aromatic hydroxyl groups is 1. The zero-order valence-electron chi connectivity index (χ0n) is 17.1. The molecule has 7 heteroatoms. The molecule has 1 amide bonds. The highest BCUT2D eigenvalue weighted by Gasteiger charge is 2.29. The third kappa shape index (κ3) is 3.54. The van der Waals surface area contributed by atoms with E-state index in [0.717, 1.165) is 31.5 Å². The third-order valence-corrected chi connectivity index (χ3v) is 6.41. The van der Waals surface area contributed by atoms with Gasteiger partial charge in [0.25, 0.3) is 5.91 Å². The molecule has 2 saturated heterocycles. The Morgan fingerprint density at radius 3 is 2.47 bits per heavy atom. The predicted octanol–water partition coefficient (Wildman–Crippen LogP) is 3.19. The fraction of sp³-hybridized carbons (Fsp3) is 0.435. The number of fused-ring (bicyclic) bond motifs is 1. The van der Waals surface area contributed by atoms with E-state index in [1.807, 2.05) is 35.2 Å². The van der Waals surface area contributed by atoms with Gasteiger partial charge >= 0.3 is 0 Å². The van der Waals surface area contributed by atoms with Crippen LogP contribution in [-0.4, -0.2) is 67.6 Å². The van der Waals surface area contributed by atoms with Crippen molar-refractivity contribution in [1.29, 1.82) is 0 Å². The fourth-order valence-electron chi connectivity index (χ4n) is 4.74. The molecule has 1 N–H and O–H groups in total. The van der Waals surface area contributed by atoms with Crippen molar-refractivity contribution in [1.82, 2.24) is 24.4 Å². The molecule has 156 valence electrons. The Morgan fingerprint density at radius 2 is 1.73 bits per heavy atom. The highest BCUT2D eigenvalue weighted by atomic mass is 16.3. The Kier molecular flexibility index (Phi) is 5.12. The summed E-state index contributed by atoms with van der Waals surface area (Å²) in [4.78, 5) is 22.4. The second-order valence-corrected chi connectivity index (χ2v) is 8.28. The first kappa shape index (κ1) is 19.1. The lowest BCUT2D eigenvalue weighted by Gasteiger charge is -2.40. The molecule has 0 unspecified atom stereocenters. The van der Waals surface area contributed by atoms with Crippen LogP contribution in [0.15, 0.2) is 42.6 Å². The Hall–Kier alpha value is -2.93. The third-order valence-electron chi connectivity index (χ3n) is 6.41. The average molecular weight is 406 g/mol. The Labute approximate surface area is 175 Å². The van der Waals surface area contributed by atoms with Crippen molar-refractivity contribution in [3.63, 3.8) is 0 Å². The lowest BCUT2D eigenvalue weighted by molar-refractivity contribution is 0.0591. The van der Waals surface area contributed by atoms with Crippen LogP contribution in [0.3, 0.4) is 0 Å². The average Bonchev–Trinajstić information content (AvgIpc) is 3.24. The van der Waals surface area contributed by atoms with Gasteiger partial charge in [-0.15, -0.1) is 0 Å². The molecule has 3 aromatic rings. The van der Waals surface area contributed by atoms with Gasteiger partial charge < -0.3 is 14.9 Å². The minimum Gasteiger partial charge on any atom is -0.493 e. The summed E-state index contributed by atoms with van der Waals surface area (Å²) < 4.78 is 1.33. The van der Waals surface area contributed by atoms with Crippen molar-refractivity contribution < 1.29 is 9.90 Å². The standard InChI is InChI=1S/C23H27N5O2/c29-21-15-20(17-7-3-1-4-8-17)25-22-19(16-24-28(21)22)23(30)27-13-9-18(10-14-27)26-11-5-2-6-12-26/h1,3-4,7-8,15-16,18,29H,2,5-6,9-14H2. The lowest BCUT2D eigenvalue weighted by Crippen LogP contribution is -2.48. The Bertz CT molecular complexity index is 1030. The maximum Gasteiger partial charge on any atom is 0.259 e. The molecule has 0 atom stereocenters. The van der Waals surface area contributed by atoms with Crippen LogP contribution in [0.2, 0.25) is 0 Å². The minimum absolute atomic E-state index is 0.0262. The summed E-state index contributed by atoms with van der Waals surface area (Å²) in [6, 6.07) is 11.8. The van der Waals surface area contributed by atoms with E-state index in [1.54, 1.807) is 6.07 Å². The van der Waals surface area contributed by atoms with Gasteiger partial charge in [-0.25, -0.2) is 4.98 Å². The van der Waals surface area contributed by atoms with E-state index >= 15 is 0 Å². The van der Waals surface area contributed by atoms with Crippen LogP contribution < -0.4 is 0 Å². The van der Waals surface area contributed by atoms with Gasteiger partial charge in [-0.1, -0.05) is 36.8 Å². The van der Waals surface area contributed by atoms with Crippen molar-refractivity contribution >= 4 is 11.6 Å². The number of carbonyl (C=O) groups is 1. The van der Waals surface area contributed by atoms with Crippen LogP contribution in [0.5, 0.6) is 5.88 Å². The maximum absolute atomic E-state index is 13.3. The van der Waals surface area contributed by atoms with Crippen LogP contribution in [-0.2, 0) is 0 Å². The van der Waals surface area contributed by atoms with E-state index in [1.165, 1.54) is 43.1 Å². The highest BCUT2D eigenvalue weighted by molar-refractivity contribution is 6.00. The molecule has 4 heterocycles. The van der Waals surface area contributed by atoms with E-state index in [-0.39, 0.29) is 11.8 Å². The molecular weight excluding hydrogens is 378 g/mol. The van der Waals surface area contributed by atoms with Gasteiger partial charge in [-0.2, -0.15) is 9.61 Å². The second-order valence-electron chi connectivity index (χ2n) is 8.28. The van der Waals surface area contributed by atoms with Gasteiger partial charge in [-0.05, 0) is 38.8 Å². The molecule has 0 radical (unpaired) electrons. The molecule has 0 spiro atoms. The first-order valence-corrected chi connectivity index (χ1v) is 10.9. The first-order chi connectivity index (χ1) is 14.7. The number of hydrogen-bond donors (Lipinski definition) is 1. The summed E-state index contributed by atoms with van der Waals surface area (Å²) in [5.74, 6) is -0.0825. The summed E-state index contributed by atoms with van der Waals surface area (Å²) >= 11 is 0. The molecule has 7 nitrogen and oxygen atoms in total. The molecule has 0 bridgehead atoms. The molecule has 0 aliphatic carbocycles. The smallest absolute Gasteiger partial charge is 0.259 e. The van der Waals surface area contributed by atoms with Gasteiger partial charge in [-0.3, -0.25) is 4.79 Å². The number of piperidine rings is 2. The number of rotatable bonds is 3. The summed E-state index contributed by atoms with van der Waals surface area (Å²) in [6.07, 6.45) is 7.47. The molecule has 2 fully saturated rings. The summed E-state index contributed by atoms with van der Waals surface area (Å²) in [6.45, 7) is 3.89. The maximum atomic E-state index is 13.3. The molecule has 30 heavy (non-hydrogen) atoms. The SMILES string of the molecule is O=C(c1cnn2c(O)cc(-c3ccccc3)nc12)N1CCC(N2CCCCC2)CC1. The minimum atomic E-state index is -0.0563. The quantitative estimate of drug-likeness (QED) is 0.724. The fourth-order valence-corrected chi connectivity index (χ4v) is 4.74. The largest absolute Gasteiger partial charge is 0.493 e. The van der Waals surface area contributed by atoms with E-state index in [0.29, 0.717) is 22.9 Å². The molecule has 1 aromatic carbocycles. The van der Waals surface area contributed by atoms with Crippen LogP contribution in [0.4, 0.5) is 0 Å². The van der Waals surface area contributed by atoms with Gasteiger partial charge in [0.2, 0.25) is 5.88 Å². The topological polar surface area (TPSA) is 74.0 Å². The Balaban J connectivity index is 1.37. The van der Waals surface area contributed by atoms with Crippen molar-refractivity contribution in [3.8, 4) is 17.1 Å². The molecule has 5 rings (SSSR count). The Morgan fingerprint density at radius 1 is 1.00 bits per heavy atom. The van der Waals surface area contributed by atoms with E-state index in [4.69, 9.17) is 0 Å². The van der Waals surface area contributed by atoms with Gasteiger partial charge in [0, 0.05) is 30.8 Å². The summed E-state index contributed by atoms with van der Waals surface area (Å²) in [5.41, 5.74) is 2.35. The van der Waals surface area contributed by atoms with E-state index < -0.39 is 0 Å². The van der Waals surface area contributed by atoms with Crippen molar-refractivity contribution in [2.75, 3.05) is 26.2 Å². The zero-order chi connectivity index (χ0) is 20.5. The molecular formula is C23H27N5O2. The van der Waals surface area contributed by atoms with Gasteiger partial charge in [0.1, 0.15) is 5.56 Å². The predicted molar refractivity (Wildman–Crippen MR) is 114 cm³/mol. The van der Waals surface area contributed by atoms with Gasteiger partial charge in [0.05, 0.1) is 11.9 Å². The highest BCUT2D eigenvalue weighted by Crippen LogP contribution is 2.26. The van der Waals surface area contributed by atoms with Crippen LogP contribution in [0, 0.1) is 0 Å². The number of benzene rings is 1. The van der Waals surface area contributed by atoms with Crippen LogP contribution >= 0.6 is 0 Å². The number of amides is 1.